The molecular weight excluding hydrogens is 320 g/mol. The first kappa shape index (κ1) is 15.8. The van der Waals surface area contributed by atoms with Crippen LogP contribution < -0.4 is 4.74 Å². The number of rotatable bonds is 5. The summed E-state index contributed by atoms with van der Waals surface area (Å²) in [6, 6.07) is 17.2. The zero-order valence-electron chi connectivity index (χ0n) is 12.7. The molecular formula is C18H14N4OS. The lowest BCUT2D eigenvalue weighted by atomic mass is 10.2. The molecule has 3 rings (SSSR count). The van der Waals surface area contributed by atoms with Crippen molar-refractivity contribution in [2.24, 2.45) is 15.3 Å². The Morgan fingerprint density at radius 3 is 2.67 bits per heavy atom. The number of terminal acetylenes is 1. The van der Waals surface area contributed by atoms with Crippen LogP contribution in [0.3, 0.4) is 0 Å². The molecule has 118 valence electrons. The van der Waals surface area contributed by atoms with E-state index >= 15 is 0 Å². The van der Waals surface area contributed by atoms with Gasteiger partial charge in [0.05, 0.1) is 6.21 Å². The zero-order valence-corrected chi connectivity index (χ0v) is 13.6. The number of benzene rings is 2. The van der Waals surface area contributed by atoms with E-state index in [1.165, 1.54) is 0 Å². The van der Waals surface area contributed by atoms with E-state index in [9.17, 15) is 0 Å². The fraction of sp³-hybridized carbons (Fsp3) is 0.111. The van der Waals surface area contributed by atoms with Gasteiger partial charge >= 0.3 is 0 Å². The lowest BCUT2D eigenvalue weighted by Crippen LogP contribution is -2.21. The Labute approximate surface area is 145 Å². The molecule has 1 heterocycles. The molecule has 1 aliphatic rings. The summed E-state index contributed by atoms with van der Waals surface area (Å²) in [7, 11) is 0. The van der Waals surface area contributed by atoms with Crippen molar-refractivity contribution in [1.29, 1.82) is 0 Å². The highest BCUT2D eigenvalue weighted by molar-refractivity contribution is 7.80. The molecule has 0 spiro atoms. The predicted octanol–water partition coefficient (Wildman–Crippen LogP) is 3.78. The average molecular weight is 334 g/mol. The molecule has 0 saturated carbocycles. The Hall–Kier alpha value is -3.04. The Balaban J connectivity index is 1.73. The van der Waals surface area contributed by atoms with Gasteiger partial charge in [0.15, 0.2) is 6.17 Å². The number of hydrogen-bond acceptors (Lipinski definition) is 4. The van der Waals surface area contributed by atoms with Crippen LogP contribution in [0.25, 0.3) is 0 Å². The number of thiocarbonyl (C=S) groups is 1. The van der Waals surface area contributed by atoms with Gasteiger partial charge in [-0.1, -0.05) is 36.3 Å². The lowest BCUT2D eigenvalue weighted by Gasteiger charge is -2.17. The van der Waals surface area contributed by atoms with Crippen molar-refractivity contribution >= 4 is 23.5 Å². The van der Waals surface area contributed by atoms with E-state index in [0.717, 1.165) is 11.1 Å². The molecule has 5 nitrogen and oxygen atoms in total. The SMILES string of the molecule is C#CCOc1ccc(C=NN2C(=S)N=NC2c2ccccc2)cc1. The molecule has 0 saturated heterocycles. The van der Waals surface area contributed by atoms with Crippen molar-refractivity contribution < 1.29 is 4.74 Å². The molecule has 0 radical (unpaired) electrons. The van der Waals surface area contributed by atoms with E-state index in [2.05, 4.69) is 21.3 Å². The second-order valence-corrected chi connectivity index (χ2v) is 5.30. The number of ether oxygens (including phenoxy) is 1. The summed E-state index contributed by atoms with van der Waals surface area (Å²) in [6.45, 7) is 0.247. The molecule has 0 amide bonds. The number of hydrogen-bond donors (Lipinski definition) is 0. The molecule has 2 aromatic rings. The lowest BCUT2D eigenvalue weighted by molar-refractivity contribution is 0.367. The number of azo groups is 1. The van der Waals surface area contributed by atoms with Crippen molar-refractivity contribution in [2.75, 3.05) is 6.61 Å². The molecule has 2 aromatic carbocycles. The van der Waals surface area contributed by atoms with Crippen molar-refractivity contribution in [3.63, 3.8) is 0 Å². The maximum absolute atomic E-state index is 5.34. The van der Waals surface area contributed by atoms with Crippen molar-refractivity contribution in [3.05, 3.63) is 65.7 Å². The Morgan fingerprint density at radius 1 is 1.21 bits per heavy atom. The summed E-state index contributed by atoms with van der Waals surface area (Å²) in [4.78, 5) is 0. The van der Waals surface area contributed by atoms with E-state index in [4.69, 9.17) is 23.4 Å². The van der Waals surface area contributed by atoms with Crippen LogP contribution in [0.4, 0.5) is 0 Å². The molecule has 1 atom stereocenters. The van der Waals surface area contributed by atoms with Crippen molar-refractivity contribution in [2.45, 2.75) is 6.17 Å². The van der Waals surface area contributed by atoms with E-state index in [1.54, 1.807) is 11.2 Å². The molecule has 0 fully saturated rings. The maximum Gasteiger partial charge on any atom is 0.238 e. The summed E-state index contributed by atoms with van der Waals surface area (Å²) >= 11 is 5.21. The second kappa shape index (κ2) is 7.49. The zero-order chi connectivity index (χ0) is 16.8. The van der Waals surface area contributed by atoms with Gasteiger partial charge < -0.3 is 4.74 Å². The third-order valence-corrected chi connectivity index (χ3v) is 3.58. The largest absolute Gasteiger partial charge is 0.481 e. The van der Waals surface area contributed by atoms with E-state index in [1.807, 2.05) is 54.6 Å². The monoisotopic (exact) mass is 334 g/mol. The third kappa shape index (κ3) is 3.65. The second-order valence-electron chi connectivity index (χ2n) is 4.93. The molecule has 0 N–H and O–H groups in total. The van der Waals surface area contributed by atoms with Crippen LogP contribution in [-0.2, 0) is 0 Å². The van der Waals surface area contributed by atoms with Crippen LogP contribution in [0.5, 0.6) is 5.75 Å². The number of nitrogens with zero attached hydrogens (tertiary/aromatic N) is 4. The predicted molar refractivity (Wildman–Crippen MR) is 96.8 cm³/mol. The smallest absolute Gasteiger partial charge is 0.238 e. The summed E-state index contributed by atoms with van der Waals surface area (Å²) < 4.78 is 5.34. The summed E-state index contributed by atoms with van der Waals surface area (Å²) in [5, 5.41) is 14.5. The highest BCUT2D eigenvalue weighted by Crippen LogP contribution is 2.28. The van der Waals surface area contributed by atoms with E-state index in [0.29, 0.717) is 10.9 Å². The normalized spacial score (nSPS) is 16.5. The van der Waals surface area contributed by atoms with Crippen LogP contribution >= 0.6 is 12.2 Å². The first-order valence-electron chi connectivity index (χ1n) is 7.27. The Kier molecular flexibility index (Phi) is 4.94. The van der Waals surface area contributed by atoms with Gasteiger partial charge in [-0.15, -0.1) is 11.5 Å². The van der Waals surface area contributed by atoms with Gasteiger partial charge in [-0.05, 0) is 42.0 Å². The third-order valence-electron chi connectivity index (χ3n) is 3.31. The molecule has 6 heteroatoms. The topological polar surface area (TPSA) is 49.5 Å². The van der Waals surface area contributed by atoms with Crippen LogP contribution in [0, 0.1) is 12.3 Å². The highest BCUT2D eigenvalue weighted by Gasteiger charge is 2.27. The van der Waals surface area contributed by atoms with E-state index in [-0.39, 0.29) is 12.8 Å². The minimum absolute atomic E-state index is 0.247. The molecule has 0 bridgehead atoms. The summed E-state index contributed by atoms with van der Waals surface area (Å²) in [6.07, 6.45) is 6.55. The van der Waals surface area contributed by atoms with Gasteiger partial charge in [-0.25, -0.2) is 5.01 Å². The first-order chi connectivity index (χ1) is 11.8. The molecule has 1 aliphatic heterocycles. The fourth-order valence-electron chi connectivity index (χ4n) is 2.15. The highest BCUT2D eigenvalue weighted by atomic mass is 32.1. The van der Waals surface area contributed by atoms with Crippen LogP contribution in [0.2, 0.25) is 0 Å². The molecule has 24 heavy (non-hydrogen) atoms. The van der Waals surface area contributed by atoms with Crippen LogP contribution in [0.15, 0.2) is 69.9 Å². The van der Waals surface area contributed by atoms with Gasteiger partial charge in [0.1, 0.15) is 12.4 Å². The van der Waals surface area contributed by atoms with Gasteiger partial charge in [-0.3, -0.25) is 0 Å². The minimum Gasteiger partial charge on any atom is -0.481 e. The fourth-order valence-corrected chi connectivity index (χ4v) is 2.35. The first-order valence-corrected chi connectivity index (χ1v) is 7.68. The minimum atomic E-state index is -0.326. The molecule has 0 aromatic heterocycles. The maximum atomic E-state index is 5.34. The molecule has 0 aliphatic carbocycles. The van der Waals surface area contributed by atoms with Crippen LogP contribution in [-0.4, -0.2) is 22.9 Å². The van der Waals surface area contributed by atoms with Gasteiger partial charge in [-0.2, -0.15) is 10.2 Å². The van der Waals surface area contributed by atoms with Gasteiger partial charge in [0.2, 0.25) is 5.11 Å². The van der Waals surface area contributed by atoms with Gasteiger partial charge in [0.25, 0.3) is 0 Å². The van der Waals surface area contributed by atoms with E-state index < -0.39 is 0 Å². The summed E-state index contributed by atoms with van der Waals surface area (Å²) in [5.74, 6) is 3.14. The van der Waals surface area contributed by atoms with Crippen LogP contribution in [0.1, 0.15) is 17.3 Å². The standard InChI is InChI=1S/C18H14N4OS/c1-2-12-23-16-10-8-14(9-11-16)13-19-22-17(20-21-18(22)24)15-6-4-3-5-7-15/h1,3-11,13,17H,12H2. The van der Waals surface area contributed by atoms with Crippen molar-refractivity contribution in [1.82, 2.24) is 5.01 Å². The Morgan fingerprint density at radius 2 is 1.96 bits per heavy atom. The van der Waals surface area contributed by atoms with Crippen molar-refractivity contribution in [3.8, 4) is 18.1 Å². The van der Waals surface area contributed by atoms with Gasteiger partial charge in [0, 0.05) is 5.56 Å². The Bertz CT molecular complexity index is 809. The molecule has 1 unspecified atom stereocenters. The average Bonchev–Trinajstić information content (AvgIpc) is 3.00. The quantitative estimate of drug-likeness (QED) is 0.475. The number of hydrazone groups is 1. The summed E-state index contributed by atoms with van der Waals surface area (Å²) in [5.41, 5.74) is 1.89.